The number of phenolic OH excluding ortho intramolecular Hbond substituents is 1. The van der Waals surface area contributed by atoms with E-state index < -0.39 is 6.10 Å². The molecule has 1 aliphatic heterocycles. The van der Waals surface area contributed by atoms with E-state index in [4.69, 9.17) is 5.73 Å². The normalized spacial score (nSPS) is 16.8. The van der Waals surface area contributed by atoms with Crippen molar-refractivity contribution in [1.29, 1.82) is 5.26 Å². The van der Waals surface area contributed by atoms with Crippen molar-refractivity contribution in [1.82, 2.24) is 14.5 Å². The number of nitriles is 1. The summed E-state index contributed by atoms with van der Waals surface area (Å²) in [5, 5.41) is 30.1. The molecule has 0 bridgehead atoms. The lowest BCUT2D eigenvalue weighted by molar-refractivity contribution is 0.198. The Balaban J connectivity index is 2.01. The molecule has 2 aromatic heterocycles. The standard InChI is InChI=1S/C19H20N6O2/c1-10-3-4-15(27)11(2)16(10)25-17(21)13(7-20)14-8-22-19(23-18(14)25)24-6-5-12(26)9-24/h3-4,8,12,26-27H,5-6,9,21H2,1-2H3/t12-/m1/s1. The van der Waals surface area contributed by atoms with E-state index in [0.717, 1.165) is 5.56 Å². The van der Waals surface area contributed by atoms with Crippen LogP contribution in [0.15, 0.2) is 18.3 Å². The monoisotopic (exact) mass is 364 g/mol. The highest BCUT2D eigenvalue weighted by atomic mass is 16.3. The predicted molar refractivity (Wildman–Crippen MR) is 102 cm³/mol. The van der Waals surface area contributed by atoms with Crippen LogP contribution in [0.1, 0.15) is 23.1 Å². The zero-order chi connectivity index (χ0) is 19.3. The summed E-state index contributed by atoms with van der Waals surface area (Å²) in [5.41, 5.74) is 9.37. The zero-order valence-corrected chi connectivity index (χ0v) is 15.1. The maximum absolute atomic E-state index is 10.2. The highest BCUT2D eigenvalue weighted by Crippen LogP contribution is 2.35. The molecule has 8 heteroatoms. The van der Waals surface area contributed by atoms with Crippen molar-refractivity contribution in [2.24, 2.45) is 0 Å². The third-order valence-corrected chi connectivity index (χ3v) is 5.12. The van der Waals surface area contributed by atoms with Crippen molar-refractivity contribution >= 4 is 22.8 Å². The number of aromatic nitrogens is 3. The third-order valence-electron chi connectivity index (χ3n) is 5.12. The number of nitrogen functional groups attached to an aromatic ring is 1. The van der Waals surface area contributed by atoms with Crippen molar-refractivity contribution in [2.45, 2.75) is 26.4 Å². The van der Waals surface area contributed by atoms with Crippen molar-refractivity contribution in [3.05, 3.63) is 35.0 Å². The Morgan fingerprint density at radius 1 is 1.33 bits per heavy atom. The molecule has 8 nitrogen and oxygen atoms in total. The Kier molecular flexibility index (Phi) is 3.89. The molecule has 4 rings (SSSR count). The SMILES string of the molecule is Cc1ccc(O)c(C)c1-n1c(N)c(C#N)c2cnc(N3CC[C@@H](O)C3)nc21. The summed E-state index contributed by atoms with van der Waals surface area (Å²) in [6.07, 6.45) is 1.87. The maximum Gasteiger partial charge on any atom is 0.227 e. The van der Waals surface area contributed by atoms with Gasteiger partial charge in [-0.1, -0.05) is 6.07 Å². The number of phenols is 1. The number of aryl methyl sites for hydroxylation is 1. The minimum absolute atomic E-state index is 0.146. The fourth-order valence-electron chi connectivity index (χ4n) is 3.66. The number of nitrogens with zero attached hydrogens (tertiary/aromatic N) is 5. The van der Waals surface area contributed by atoms with Crippen molar-refractivity contribution in [2.75, 3.05) is 23.7 Å². The van der Waals surface area contributed by atoms with E-state index in [9.17, 15) is 15.5 Å². The van der Waals surface area contributed by atoms with Crippen LogP contribution in [-0.4, -0.2) is 43.9 Å². The Morgan fingerprint density at radius 3 is 2.78 bits per heavy atom. The smallest absolute Gasteiger partial charge is 0.227 e. The average molecular weight is 364 g/mol. The Labute approximate surface area is 156 Å². The van der Waals surface area contributed by atoms with E-state index in [-0.39, 0.29) is 11.6 Å². The Hall–Kier alpha value is -3.31. The van der Waals surface area contributed by atoms with Gasteiger partial charge in [0.25, 0.3) is 0 Å². The molecule has 1 saturated heterocycles. The quantitative estimate of drug-likeness (QED) is 0.633. The number of benzene rings is 1. The minimum atomic E-state index is -0.397. The number of nitrogens with two attached hydrogens (primary N) is 1. The molecule has 3 heterocycles. The van der Waals surface area contributed by atoms with Gasteiger partial charge in [-0.15, -0.1) is 0 Å². The van der Waals surface area contributed by atoms with E-state index in [1.807, 2.05) is 11.8 Å². The highest BCUT2D eigenvalue weighted by molar-refractivity contribution is 5.92. The summed E-state index contributed by atoms with van der Waals surface area (Å²) in [4.78, 5) is 10.9. The molecule has 138 valence electrons. The number of anilines is 2. The molecule has 0 radical (unpaired) electrons. The summed E-state index contributed by atoms with van der Waals surface area (Å²) < 4.78 is 1.70. The molecule has 0 saturated carbocycles. The summed E-state index contributed by atoms with van der Waals surface area (Å²) >= 11 is 0. The molecule has 4 N–H and O–H groups in total. The molecule has 1 atom stereocenters. The maximum atomic E-state index is 10.2. The number of fused-ring (bicyclic) bond motifs is 1. The first kappa shape index (κ1) is 17.1. The van der Waals surface area contributed by atoms with Gasteiger partial charge in [0.05, 0.1) is 17.2 Å². The highest BCUT2D eigenvalue weighted by Gasteiger charge is 2.25. The number of hydrogen-bond donors (Lipinski definition) is 3. The van der Waals surface area contributed by atoms with E-state index in [0.29, 0.717) is 53.3 Å². The van der Waals surface area contributed by atoms with Crippen LogP contribution >= 0.6 is 0 Å². The Bertz CT molecular complexity index is 1100. The lowest BCUT2D eigenvalue weighted by Crippen LogP contribution is -2.23. The second-order valence-corrected chi connectivity index (χ2v) is 6.88. The van der Waals surface area contributed by atoms with Crippen LogP contribution in [0.4, 0.5) is 11.8 Å². The van der Waals surface area contributed by atoms with Crippen LogP contribution in [-0.2, 0) is 0 Å². The first-order chi connectivity index (χ1) is 12.9. The number of aliphatic hydroxyl groups excluding tert-OH is 1. The van der Waals surface area contributed by atoms with Crippen LogP contribution in [0.2, 0.25) is 0 Å². The molecule has 3 aromatic rings. The minimum Gasteiger partial charge on any atom is -0.508 e. The first-order valence-corrected chi connectivity index (χ1v) is 8.72. The van der Waals surface area contributed by atoms with Crippen LogP contribution in [0.5, 0.6) is 5.75 Å². The van der Waals surface area contributed by atoms with Gasteiger partial charge in [-0.25, -0.2) is 4.98 Å². The van der Waals surface area contributed by atoms with E-state index in [1.165, 1.54) is 0 Å². The second kappa shape index (κ2) is 6.14. The van der Waals surface area contributed by atoms with Gasteiger partial charge < -0.3 is 20.8 Å². The predicted octanol–water partition coefficient (Wildman–Crippen LogP) is 1.77. The summed E-state index contributed by atoms with van der Waals surface area (Å²) in [6, 6.07) is 5.57. The molecule has 0 spiro atoms. The topological polar surface area (TPSA) is 124 Å². The van der Waals surface area contributed by atoms with Crippen molar-refractivity contribution in [3.63, 3.8) is 0 Å². The number of rotatable bonds is 2. The fourth-order valence-corrected chi connectivity index (χ4v) is 3.66. The molecule has 0 unspecified atom stereocenters. The second-order valence-electron chi connectivity index (χ2n) is 6.88. The lowest BCUT2D eigenvalue weighted by Gasteiger charge is -2.17. The van der Waals surface area contributed by atoms with Crippen LogP contribution < -0.4 is 10.6 Å². The summed E-state index contributed by atoms with van der Waals surface area (Å²) in [6.45, 7) is 4.85. The summed E-state index contributed by atoms with van der Waals surface area (Å²) in [5.74, 6) is 0.891. The van der Waals surface area contributed by atoms with Gasteiger partial charge in [-0.2, -0.15) is 10.2 Å². The van der Waals surface area contributed by atoms with Gasteiger partial charge in [0.15, 0.2) is 5.65 Å². The zero-order valence-electron chi connectivity index (χ0n) is 15.1. The van der Waals surface area contributed by atoms with Gasteiger partial charge >= 0.3 is 0 Å². The molecule has 0 amide bonds. The fraction of sp³-hybridized carbons (Fsp3) is 0.316. The van der Waals surface area contributed by atoms with E-state index in [2.05, 4.69) is 16.0 Å². The molecule has 1 aromatic carbocycles. The van der Waals surface area contributed by atoms with Crippen molar-refractivity contribution in [3.8, 4) is 17.5 Å². The molecule has 1 fully saturated rings. The first-order valence-electron chi connectivity index (χ1n) is 8.72. The largest absolute Gasteiger partial charge is 0.508 e. The van der Waals surface area contributed by atoms with Crippen LogP contribution in [0.25, 0.3) is 16.7 Å². The van der Waals surface area contributed by atoms with Gasteiger partial charge in [0.1, 0.15) is 23.2 Å². The Morgan fingerprint density at radius 2 is 2.11 bits per heavy atom. The molecule has 0 aliphatic carbocycles. The number of hydrogen-bond acceptors (Lipinski definition) is 7. The van der Waals surface area contributed by atoms with Gasteiger partial charge in [0, 0.05) is 24.8 Å². The molecule has 27 heavy (non-hydrogen) atoms. The van der Waals surface area contributed by atoms with Gasteiger partial charge in [-0.05, 0) is 31.9 Å². The van der Waals surface area contributed by atoms with Gasteiger partial charge in [0.2, 0.25) is 5.95 Å². The van der Waals surface area contributed by atoms with Crippen molar-refractivity contribution < 1.29 is 10.2 Å². The third kappa shape index (κ3) is 2.55. The van der Waals surface area contributed by atoms with Crippen LogP contribution in [0, 0.1) is 25.2 Å². The number of aromatic hydroxyl groups is 1. The molecular formula is C19H20N6O2. The number of aliphatic hydroxyl groups is 1. The van der Waals surface area contributed by atoms with Crippen LogP contribution in [0.3, 0.4) is 0 Å². The number of β-amino-alcohol motifs (C(OH)–C–C–N with tert-alkyl or cyclic N) is 1. The van der Waals surface area contributed by atoms with E-state index in [1.54, 1.807) is 29.8 Å². The van der Waals surface area contributed by atoms with Gasteiger partial charge in [-0.3, -0.25) is 4.57 Å². The molecular weight excluding hydrogens is 344 g/mol. The lowest BCUT2D eigenvalue weighted by atomic mass is 10.1. The molecule has 1 aliphatic rings. The van der Waals surface area contributed by atoms with E-state index >= 15 is 0 Å². The summed E-state index contributed by atoms with van der Waals surface area (Å²) in [7, 11) is 0. The average Bonchev–Trinajstić information content (AvgIpc) is 3.20.